The molecule has 1 rings (SSSR count). The van der Waals surface area contributed by atoms with Gasteiger partial charge >= 0.3 is 0 Å². The molecule has 0 aliphatic heterocycles. The van der Waals surface area contributed by atoms with E-state index >= 15 is 0 Å². The summed E-state index contributed by atoms with van der Waals surface area (Å²) < 4.78 is 5.09. The summed E-state index contributed by atoms with van der Waals surface area (Å²) in [7, 11) is 1.66. The Morgan fingerprint density at radius 3 is 2.58 bits per heavy atom. The first-order valence-corrected chi connectivity index (χ1v) is 7.59. The number of anilines is 1. The first-order chi connectivity index (χ1) is 11.1. The van der Waals surface area contributed by atoms with Crippen LogP contribution in [-0.4, -0.2) is 50.3 Å². The molecule has 3 N–H and O–H groups in total. The van der Waals surface area contributed by atoms with Gasteiger partial charge in [-0.05, 0) is 26.0 Å². The van der Waals surface area contributed by atoms with Crippen LogP contribution < -0.4 is 16.0 Å². The summed E-state index contributed by atoms with van der Waals surface area (Å²) in [5.74, 6) is 0.738. The van der Waals surface area contributed by atoms with Crippen LogP contribution in [0.4, 0.5) is 11.4 Å². The molecule has 1 atom stereocenters. The molecule has 136 valence electrons. The van der Waals surface area contributed by atoms with Gasteiger partial charge in [-0.15, -0.1) is 24.0 Å². The quantitative estimate of drug-likeness (QED) is 0.133. The molecule has 8 nitrogen and oxygen atoms in total. The van der Waals surface area contributed by atoms with Crippen LogP contribution in [0.3, 0.4) is 0 Å². The Morgan fingerprint density at radius 1 is 1.38 bits per heavy atom. The van der Waals surface area contributed by atoms with Crippen LogP contribution in [0, 0.1) is 10.1 Å². The maximum Gasteiger partial charge on any atom is 0.269 e. The van der Waals surface area contributed by atoms with Gasteiger partial charge in [-0.1, -0.05) is 0 Å². The number of nitrogens with zero attached hydrogens (tertiary/aromatic N) is 2. The Morgan fingerprint density at radius 2 is 2.04 bits per heavy atom. The molecule has 1 unspecified atom stereocenters. The molecule has 0 bridgehead atoms. The average molecular weight is 451 g/mol. The Hall–Kier alpha value is -1.62. The van der Waals surface area contributed by atoms with Gasteiger partial charge in [0.2, 0.25) is 0 Å². The molecule has 0 saturated carbocycles. The number of rotatable bonds is 9. The fraction of sp³-hybridized carbons (Fsp3) is 0.533. The fourth-order valence-electron chi connectivity index (χ4n) is 1.91. The molecule has 0 heterocycles. The van der Waals surface area contributed by atoms with Crippen LogP contribution in [0.5, 0.6) is 0 Å². The lowest BCUT2D eigenvalue weighted by atomic mass is 10.3. The van der Waals surface area contributed by atoms with Crippen molar-refractivity contribution in [1.82, 2.24) is 10.6 Å². The van der Waals surface area contributed by atoms with Gasteiger partial charge in [-0.2, -0.15) is 0 Å². The zero-order chi connectivity index (χ0) is 17.1. The SMILES string of the molecule is CCNC(=NCCNc1ccc([N+](=O)[O-])cc1)NC(C)COC.I. The number of guanidine groups is 1. The van der Waals surface area contributed by atoms with E-state index in [0.29, 0.717) is 19.7 Å². The predicted octanol–water partition coefficient (Wildman–Crippen LogP) is 2.21. The van der Waals surface area contributed by atoms with Gasteiger partial charge in [0.15, 0.2) is 5.96 Å². The Labute approximate surface area is 159 Å². The minimum absolute atomic E-state index is 0. The highest BCUT2D eigenvalue weighted by atomic mass is 127. The van der Waals surface area contributed by atoms with Crippen molar-refractivity contribution < 1.29 is 9.66 Å². The summed E-state index contributed by atoms with van der Waals surface area (Å²) >= 11 is 0. The second-order valence-electron chi connectivity index (χ2n) is 4.99. The lowest BCUT2D eigenvalue weighted by Gasteiger charge is -2.17. The van der Waals surface area contributed by atoms with Crippen molar-refractivity contribution in [1.29, 1.82) is 0 Å². The highest BCUT2D eigenvalue weighted by Gasteiger charge is 2.05. The van der Waals surface area contributed by atoms with Crippen molar-refractivity contribution >= 4 is 41.3 Å². The Kier molecular flexibility index (Phi) is 11.9. The fourth-order valence-corrected chi connectivity index (χ4v) is 1.91. The number of nitro benzene ring substituents is 1. The minimum Gasteiger partial charge on any atom is -0.383 e. The number of non-ortho nitro benzene ring substituents is 1. The molecular formula is C15H26IN5O3. The molecule has 24 heavy (non-hydrogen) atoms. The van der Waals surface area contributed by atoms with Crippen LogP contribution in [0.2, 0.25) is 0 Å². The van der Waals surface area contributed by atoms with Crippen molar-refractivity contribution in [2.75, 3.05) is 38.7 Å². The number of hydrogen-bond acceptors (Lipinski definition) is 5. The predicted molar refractivity (Wildman–Crippen MR) is 107 cm³/mol. The number of methoxy groups -OCH3 is 1. The van der Waals surface area contributed by atoms with E-state index in [1.807, 2.05) is 13.8 Å². The molecule has 1 aromatic rings. The minimum atomic E-state index is -0.413. The van der Waals surface area contributed by atoms with Crippen LogP contribution in [0.1, 0.15) is 13.8 Å². The molecule has 0 aromatic heterocycles. The lowest BCUT2D eigenvalue weighted by Crippen LogP contribution is -2.44. The molecule has 9 heteroatoms. The van der Waals surface area contributed by atoms with Crippen LogP contribution >= 0.6 is 24.0 Å². The maximum absolute atomic E-state index is 10.6. The lowest BCUT2D eigenvalue weighted by molar-refractivity contribution is -0.384. The Bertz CT molecular complexity index is 510. The summed E-state index contributed by atoms with van der Waals surface area (Å²) in [6.45, 7) is 6.62. The number of aliphatic imine (C=N–C) groups is 1. The summed E-state index contributed by atoms with van der Waals surface area (Å²) in [5, 5.41) is 20.2. The topological polar surface area (TPSA) is 101 Å². The summed E-state index contributed by atoms with van der Waals surface area (Å²) in [6.07, 6.45) is 0. The van der Waals surface area contributed by atoms with Gasteiger partial charge in [0.25, 0.3) is 5.69 Å². The van der Waals surface area contributed by atoms with Crippen LogP contribution in [0.25, 0.3) is 0 Å². The molecule has 0 fully saturated rings. The third-order valence-electron chi connectivity index (χ3n) is 2.93. The second kappa shape index (κ2) is 12.8. The standard InChI is InChI=1S/C15H25N5O3.HI/c1-4-16-15(19-12(2)11-23-3)18-10-9-17-13-5-7-14(8-6-13)20(21)22;/h5-8,12,17H,4,9-11H2,1-3H3,(H2,16,18,19);1H. The van der Waals surface area contributed by atoms with E-state index < -0.39 is 4.92 Å². The summed E-state index contributed by atoms with van der Waals surface area (Å²) in [5.41, 5.74) is 0.913. The molecule has 1 aromatic carbocycles. The number of benzene rings is 1. The summed E-state index contributed by atoms with van der Waals surface area (Å²) in [4.78, 5) is 14.6. The highest BCUT2D eigenvalue weighted by molar-refractivity contribution is 14.0. The molecule has 0 aliphatic rings. The van der Waals surface area contributed by atoms with E-state index in [1.165, 1.54) is 12.1 Å². The van der Waals surface area contributed by atoms with Crippen LogP contribution in [0.15, 0.2) is 29.3 Å². The van der Waals surface area contributed by atoms with Gasteiger partial charge in [-0.25, -0.2) is 0 Å². The zero-order valence-corrected chi connectivity index (χ0v) is 16.6. The van der Waals surface area contributed by atoms with Crippen molar-refractivity contribution in [2.45, 2.75) is 19.9 Å². The number of ether oxygens (including phenoxy) is 1. The molecule has 0 aliphatic carbocycles. The monoisotopic (exact) mass is 451 g/mol. The van der Waals surface area contributed by atoms with E-state index in [-0.39, 0.29) is 35.7 Å². The second-order valence-corrected chi connectivity index (χ2v) is 4.99. The molecule has 0 amide bonds. The van der Waals surface area contributed by atoms with Crippen molar-refractivity contribution in [3.8, 4) is 0 Å². The van der Waals surface area contributed by atoms with E-state index in [1.54, 1.807) is 19.2 Å². The van der Waals surface area contributed by atoms with Crippen molar-refractivity contribution in [3.63, 3.8) is 0 Å². The van der Waals surface area contributed by atoms with Gasteiger partial charge in [-0.3, -0.25) is 15.1 Å². The Balaban J connectivity index is 0.00000529. The average Bonchev–Trinajstić information content (AvgIpc) is 2.52. The van der Waals surface area contributed by atoms with Gasteiger partial charge < -0.3 is 20.7 Å². The van der Waals surface area contributed by atoms with Gasteiger partial charge in [0.05, 0.1) is 18.1 Å². The highest BCUT2D eigenvalue weighted by Crippen LogP contribution is 2.14. The van der Waals surface area contributed by atoms with Crippen molar-refractivity contribution in [3.05, 3.63) is 34.4 Å². The molecular weight excluding hydrogens is 425 g/mol. The van der Waals surface area contributed by atoms with Crippen LogP contribution in [-0.2, 0) is 4.74 Å². The smallest absolute Gasteiger partial charge is 0.269 e. The summed E-state index contributed by atoms with van der Waals surface area (Å²) in [6, 6.07) is 6.49. The first kappa shape index (κ1) is 22.4. The normalized spacial score (nSPS) is 12.0. The molecule has 0 radical (unpaired) electrons. The molecule has 0 saturated heterocycles. The van der Waals surface area contributed by atoms with E-state index in [9.17, 15) is 10.1 Å². The van der Waals surface area contributed by atoms with Gasteiger partial charge in [0.1, 0.15) is 0 Å². The van der Waals surface area contributed by atoms with Gasteiger partial charge in [0, 0.05) is 44.1 Å². The number of halogens is 1. The number of nitro groups is 1. The van der Waals surface area contributed by atoms with Crippen molar-refractivity contribution in [2.24, 2.45) is 4.99 Å². The maximum atomic E-state index is 10.6. The third kappa shape index (κ3) is 8.87. The first-order valence-electron chi connectivity index (χ1n) is 7.59. The largest absolute Gasteiger partial charge is 0.383 e. The zero-order valence-electron chi connectivity index (χ0n) is 14.2. The van der Waals surface area contributed by atoms with E-state index in [2.05, 4.69) is 20.9 Å². The van der Waals surface area contributed by atoms with E-state index in [4.69, 9.17) is 4.74 Å². The number of nitrogens with one attached hydrogen (secondary N) is 3. The van der Waals surface area contributed by atoms with E-state index in [0.717, 1.165) is 18.2 Å². The number of hydrogen-bond donors (Lipinski definition) is 3. The third-order valence-corrected chi connectivity index (χ3v) is 2.93. The molecule has 0 spiro atoms.